The fourth-order valence-electron chi connectivity index (χ4n) is 22.7. The number of carbonyl (C=O) groups is 1. The number of nitrogens with two attached hydrogens (primary N) is 2. The number of nitrogen functional groups attached to an aromatic ring is 2. The molecule has 31 nitrogen and oxygen atoms in total. The highest BCUT2D eigenvalue weighted by Crippen LogP contribution is 2.58. The van der Waals surface area contributed by atoms with Gasteiger partial charge in [0.05, 0.1) is 112 Å². The summed E-state index contributed by atoms with van der Waals surface area (Å²) in [6, 6.07) is 38.2. The number of anilines is 4. The fraction of sp³-hybridized carbons (Fsp3) is 0.365. The molecule has 4 aliphatic carbocycles. The zero-order valence-electron chi connectivity index (χ0n) is 72.4. The second-order valence-corrected chi connectivity index (χ2v) is 40.7. The Morgan fingerprint density at radius 1 is 0.398 bits per heavy atom. The first-order chi connectivity index (χ1) is 63.8. The molecule has 4 spiro atoms. The van der Waals surface area contributed by atoms with Gasteiger partial charge in [0.2, 0.25) is 5.91 Å². The predicted octanol–water partition coefficient (Wildman–Crippen LogP) is 13.9. The SMILES string of the molecule is Cc1ncnc2c1ccn2[C@@H]1C[C@@]2(CC(=O)N(c3ccc4cc(Br)c(Cl)nc4c3)C2)[C@@H](O)[C@H]1O.Cc1ncnc2c1ccn2[C@@H]1C[C@@]2(CCN(c3ccc4cc(Br)c(Cl)nc4c3)C2)[C@@H](O)[C@H]1O.Cc1ncnc2c1ccn2[C@@H]1C[C@@]2(CN[C@@H](c3ccc4cc(Cl)c(N)nc4c3)C2)[C@@H](O)[C@H]1O.Cc1ncnc2c1ccn2[C@@H]1C[C@@]2(CN[C@H](c3ccc4cc(Cl)c(N)nc4c3)C2)[C@@H](O)[C@H]1O. The van der Waals surface area contributed by atoms with Crippen LogP contribution in [0, 0.1) is 49.4 Å². The highest BCUT2D eigenvalue weighted by atomic mass is 79.9. The van der Waals surface area contributed by atoms with E-state index in [1.165, 1.54) is 6.33 Å². The summed E-state index contributed by atoms with van der Waals surface area (Å²) >= 11 is 31.4. The standard InChI is InChI=1S/C24H21BrClN5O3.C24H23BrClN5O2.2C24H25ClN6O2/c1-12-15-4-5-30(23(15)28-11-27-12)18-8-24(21(34)20(18)33)9-19(32)31(10-24)14-3-2-13-6-16(25)22(26)29-17(13)7-14;1-13-16-4-6-31(23(16)28-12-27-13)19-10-24(21(33)20(19)32)5-7-30(11-24)15-3-2-14-8-17(25)22(26)29-18(14)9-15;2*1-12-15-4-5-31(23(15)29-11-28-12)19-9-24(21(33)20(19)32)8-18(27-10-24)14-3-2-13-6-16(25)22(26)30-17(13)7-14/h2-7,11,18,20-21,33-34H,8-10H2,1H3;2-4,6,8-9,12,19-21,32-33H,5,7,10-11H2,1H3;2*2-7,11,18-21,27,32-33H,8-10H2,1H3,(H2,26,30)/t18-,20+,21+,24+;19-,20+,21+,24-;18-,19+,20-,21-,24-;18-,19-,20+,21+,24+/m1101/s1. The van der Waals surface area contributed by atoms with Gasteiger partial charge in [-0.3, -0.25) is 4.79 Å². The van der Waals surface area contributed by atoms with E-state index in [9.17, 15) is 45.6 Å². The van der Waals surface area contributed by atoms with E-state index in [0.717, 1.165) is 134 Å². The number of rotatable bonds is 8. The van der Waals surface area contributed by atoms with Crippen LogP contribution in [-0.2, 0) is 4.79 Å². The Morgan fingerprint density at radius 2 is 0.744 bits per heavy atom. The maximum atomic E-state index is 13.1. The second kappa shape index (κ2) is 34.1. The Labute approximate surface area is 797 Å². The number of benzene rings is 4. The van der Waals surface area contributed by atoms with Crippen molar-refractivity contribution in [1.29, 1.82) is 0 Å². The summed E-state index contributed by atoms with van der Waals surface area (Å²) in [5, 5.41) is 105. The monoisotopic (exact) mass is 2000 g/mol. The molecule has 16 heterocycles. The van der Waals surface area contributed by atoms with Gasteiger partial charge in [-0.2, -0.15) is 0 Å². The number of amides is 1. The van der Waals surface area contributed by atoms with Gasteiger partial charge in [-0.05, 0) is 201 Å². The van der Waals surface area contributed by atoms with Gasteiger partial charge in [-0.1, -0.05) is 82.8 Å². The molecule has 0 radical (unpaired) electrons. The molecule has 16 aromatic rings. The van der Waals surface area contributed by atoms with E-state index >= 15 is 0 Å². The van der Waals surface area contributed by atoms with Crippen LogP contribution in [0.5, 0.6) is 0 Å². The van der Waals surface area contributed by atoms with Gasteiger partial charge >= 0.3 is 0 Å². The highest BCUT2D eigenvalue weighted by molar-refractivity contribution is 9.11. The van der Waals surface area contributed by atoms with Gasteiger partial charge in [0.25, 0.3) is 0 Å². The summed E-state index contributed by atoms with van der Waals surface area (Å²) in [6.45, 7) is 10.8. The van der Waals surface area contributed by atoms with Crippen LogP contribution >= 0.6 is 78.3 Å². The predicted molar refractivity (Wildman–Crippen MR) is 517 cm³/mol. The molecule has 8 fully saturated rings. The quantitative estimate of drug-likeness (QED) is 0.0629. The van der Waals surface area contributed by atoms with Crippen molar-refractivity contribution in [3.05, 3.63) is 235 Å². The molecule has 684 valence electrons. The van der Waals surface area contributed by atoms with E-state index < -0.39 is 71.1 Å². The molecule has 133 heavy (non-hydrogen) atoms. The van der Waals surface area contributed by atoms with Gasteiger partial charge in [0, 0.05) is 152 Å². The van der Waals surface area contributed by atoms with Crippen molar-refractivity contribution in [2.24, 2.45) is 21.7 Å². The number of aliphatic hydroxyl groups is 8. The highest BCUT2D eigenvalue weighted by Gasteiger charge is 2.61. The largest absolute Gasteiger partial charge is 0.390 e. The molecule has 4 saturated carbocycles. The lowest BCUT2D eigenvalue weighted by Crippen LogP contribution is -2.38. The Balaban J connectivity index is 0.000000107. The first-order valence-electron chi connectivity index (χ1n) is 44.2. The van der Waals surface area contributed by atoms with Crippen molar-refractivity contribution < 1.29 is 45.6 Å². The molecule has 14 N–H and O–H groups in total. The molecule has 12 aromatic heterocycles. The number of nitrogens with one attached hydrogen (secondary N) is 2. The molecule has 24 rings (SSSR count). The first-order valence-corrected chi connectivity index (χ1v) is 47.3. The lowest BCUT2D eigenvalue weighted by atomic mass is 9.80. The summed E-state index contributed by atoms with van der Waals surface area (Å²) in [5.74, 6) is 0.532. The first kappa shape index (κ1) is 89.1. The van der Waals surface area contributed by atoms with E-state index in [0.29, 0.717) is 118 Å². The lowest BCUT2D eigenvalue weighted by Gasteiger charge is -2.29. The summed E-state index contributed by atoms with van der Waals surface area (Å²) < 4.78 is 9.38. The fourth-order valence-corrected chi connectivity index (χ4v) is 24.0. The number of carbonyl (C=O) groups excluding carboxylic acids is 1. The van der Waals surface area contributed by atoms with Crippen LogP contribution in [0.4, 0.5) is 23.0 Å². The van der Waals surface area contributed by atoms with Gasteiger partial charge < -0.3 is 91.0 Å². The third kappa shape index (κ3) is 15.3. The number of aliphatic hydroxyl groups excluding tert-OH is 8. The van der Waals surface area contributed by atoms with Gasteiger partial charge in [0.15, 0.2) is 0 Å². The number of aryl methyl sites for hydroxylation is 4. The average molecular weight is 2000 g/mol. The van der Waals surface area contributed by atoms with Crippen molar-refractivity contribution in [1.82, 2.24) is 88.7 Å². The molecule has 0 bridgehead atoms. The normalized spacial score (nSPS) is 28.4. The minimum absolute atomic E-state index is 0.0414. The topological polar surface area (TPSA) is 436 Å². The van der Waals surface area contributed by atoms with E-state index in [4.69, 9.17) is 57.9 Å². The Kier molecular flexibility index (Phi) is 22.9. The second-order valence-electron chi connectivity index (χ2n) is 37.4. The van der Waals surface area contributed by atoms with Crippen LogP contribution in [0.1, 0.15) is 122 Å². The Hall–Kier alpha value is -10.4. The number of hydrogen-bond acceptors (Lipinski definition) is 26. The zero-order chi connectivity index (χ0) is 92.5. The molecular weight excluding hydrogens is 1910 g/mol. The summed E-state index contributed by atoms with van der Waals surface area (Å²) in [6.07, 6.45) is 11.5. The number of nitrogens with zero attached hydrogens (tertiary/aromatic N) is 18. The Morgan fingerprint density at radius 3 is 1.16 bits per heavy atom. The minimum Gasteiger partial charge on any atom is -0.390 e. The molecule has 8 aliphatic rings. The molecule has 0 unspecified atom stereocenters. The van der Waals surface area contributed by atoms with Gasteiger partial charge in [0.1, 0.15) is 94.3 Å². The third-order valence-corrected chi connectivity index (χ3v) is 32.8. The number of hydrogen-bond donors (Lipinski definition) is 12. The smallest absolute Gasteiger partial charge is 0.227 e. The lowest BCUT2D eigenvalue weighted by molar-refractivity contribution is -0.118. The minimum atomic E-state index is -1.05. The molecule has 18 atom stereocenters. The van der Waals surface area contributed by atoms with Crippen LogP contribution in [0.15, 0.2) is 180 Å². The van der Waals surface area contributed by atoms with Crippen molar-refractivity contribution in [3.8, 4) is 0 Å². The van der Waals surface area contributed by atoms with E-state index in [2.05, 4.69) is 125 Å². The number of pyridine rings is 4. The average Bonchev–Trinajstić information content (AvgIpc) is 1.58. The van der Waals surface area contributed by atoms with E-state index in [-0.39, 0.29) is 48.0 Å². The van der Waals surface area contributed by atoms with Crippen LogP contribution in [0.3, 0.4) is 0 Å². The number of aromatic nitrogens is 16. The van der Waals surface area contributed by atoms with Crippen LogP contribution in [-0.4, -0.2) is 206 Å². The summed E-state index contributed by atoms with van der Waals surface area (Å²) in [7, 11) is 0. The molecule has 4 aromatic carbocycles. The number of halogens is 6. The van der Waals surface area contributed by atoms with Crippen molar-refractivity contribution in [2.45, 2.75) is 164 Å². The van der Waals surface area contributed by atoms with E-state index in [1.54, 1.807) is 23.9 Å². The van der Waals surface area contributed by atoms with Crippen LogP contribution in [0.25, 0.3) is 87.7 Å². The summed E-state index contributed by atoms with van der Waals surface area (Å²) in [5.41, 5.74) is 23.4. The Bertz CT molecular complexity index is 6860. The van der Waals surface area contributed by atoms with Gasteiger partial charge in [-0.25, -0.2) is 59.8 Å². The third-order valence-electron chi connectivity index (χ3n) is 29.9. The maximum absolute atomic E-state index is 13.1. The van der Waals surface area contributed by atoms with E-state index in [1.807, 2.05) is 174 Å². The molecule has 37 heteroatoms. The van der Waals surface area contributed by atoms with Crippen LogP contribution < -0.4 is 31.9 Å². The molecule has 4 aliphatic heterocycles. The van der Waals surface area contributed by atoms with Crippen molar-refractivity contribution in [3.63, 3.8) is 0 Å². The number of fused-ring (bicyclic) bond motifs is 8. The molecule has 1 amide bonds. The maximum Gasteiger partial charge on any atom is 0.227 e. The zero-order valence-corrected chi connectivity index (χ0v) is 78.6. The van der Waals surface area contributed by atoms with Gasteiger partial charge in [-0.15, -0.1) is 0 Å². The molecule has 4 saturated heterocycles. The van der Waals surface area contributed by atoms with Crippen molar-refractivity contribution in [2.75, 3.05) is 54.0 Å². The molecular formula is C96H94Br2Cl4N22O9. The van der Waals surface area contributed by atoms with Crippen molar-refractivity contribution >= 4 is 195 Å². The van der Waals surface area contributed by atoms with Crippen LogP contribution in [0.2, 0.25) is 20.4 Å². The summed E-state index contributed by atoms with van der Waals surface area (Å²) in [4.78, 5) is 69.6.